The van der Waals surface area contributed by atoms with Crippen molar-refractivity contribution < 1.29 is 0 Å². The monoisotopic (exact) mass is 121 g/mol. The van der Waals surface area contributed by atoms with Gasteiger partial charge >= 0.3 is 0 Å². The van der Waals surface area contributed by atoms with Gasteiger partial charge in [0.2, 0.25) is 0 Å². The second-order valence-electron chi connectivity index (χ2n) is 1.45. The molecule has 0 fully saturated rings. The Balaban J connectivity index is 0. The minimum Gasteiger partial charge on any atom is -0.330 e. The van der Waals surface area contributed by atoms with Crippen molar-refractivity contribution in [2.45, 2.75) is 6.92 Å². The Bertz CT molecular complexity index is 45.3. The average Bonchev–Trinajstić information content (AvgIpc) is 1.65. The summed E-state index contributed by atoms with van der Waals surface area (Å²) in [5.74, 6) is 0.477. The number of rotatable bonds is 2. The van der Waals surface area contributed by atoms with Crippen LogP contribution in [0.2, 0.25) is 0 Å². The fourth-order valence-electron chi connectivity index (χ4n) is 0.0962. The molecule has 0 aliphatic carbocycles. The van der Waals surface area contributed by atoms with Gasteiger partial charge in [-0.1, -0.05) is 13.0 Å². The SMILES string of the molecule is C=CC(C)CN.Cl. The molecule has 2 heteroatoms. The lowest BCUT2D eigenvalue weighted by Gasteiger charge is -1.94. The van der Waals surface area contributed by atoms with Gasteiger partial charge in [-0.3, -0.25) is 0 Å². The van der Waals surface area contributed by atoms with Crippen LogP contribution in [0.4, 0.5) is 0 Å². The minimum atomic E-state index is 0. The van der Waals surface area contributed by atoms with Gasteiger partial charge in [-0.05, 0) is 12.5 Å². The first kappa shape index (κ1) is 10.1. The highest BCUT2D eigenvalue weighted by Gasteiger charge is 1.84. The third-order valence-corrected chi connectivity index (χ3v) is 0.774. The fraction of sp³-hybridized carbons (Fsp3) is 0.600. The van der Waals surface area contributed by atoms with Gasteiger partial charge in [-0.25, -0.2) is 0 Å². The maximum absolute atomic E-state index is 5.21. The maximum Gasteiger partial charge on any atom is -0.00169 e. The van der Waals surface area contributed by atoms with Crippen molar-refractivity contribution >= 4 is 12.4 Å². The average molecular weight is 122 g/mol. The topological polar surface area (TPSA) is 26.0 Å². The molecule has 1 atom stereocenters. The van der Waals surface area contributed by atoms with Crippen molar-refractivity contribution in [3.8, 4) is 0 Å². The molecule has 7 heavy (non-hydrogen) atoms. The first-order chi connectivity index (χ1) is 2.81. The third-order valence-electron chi connectivity index (χ3n) is 0.774. The van der Waals surface area contributed by atoms with Crippen LogP contribution in [0, 0.1) is 5.92 Å². The summed E-state index contributed by atoms with van der Waals surface area (Å²) in [6, 6.07) is 0. The molecule has 0 bridgehead atoms. The molecular weight excluding hydrogens is 110 g/mol. The van der Waals surface area contributed by atoms with Crippen molar-refractivity contribution in [1.29, 1.82) is 0 Å². The van der Waals surface area contributed by atoms with Gasteiger partial charge in [-0.2, -0.15) is 0 Å². The molecule has 0 saturated carbocycles. The van der Waals surface area contributed by atoms with Crippen molar-refractivity contribution in [2.75, 3.05) is 6.54 Å². The Hall–Kier alpha value is -0.0100. The van der Waals surface area contributed by atoms with Crippen LogP contribution >= 0.6 is 12.4 Å². The fourth-order valence-corrected chi connectivity index (χ4v) is 0.0962. The first-order valence-corrected chi connectivity index (χ1v) is 2.14. The van der Waals surface area contributed by atoms with E-state index in [0.717, 1.165) is 0 Å². The van der Waals surface area contributed by atoms with Crippen LogP contribution in [0.15, 0.2) is 12.7 Å². The lowest BCUT2D eigenvalue weighted by atomic mass is 10.2. The standard InChI is InChI=1S/C5H11N.ClH/c1-3-5(2)4-6;/h3,5H,1,4,6H2,2H3;1H. The van der Waals surface area contributed by atoms with E-state index in [4.69, 9.17) is 5.73 Å². The molecule has 0 heterocycles. The summed E-state index contributed by atoms with van der Waals surface area (Å²) in [6.07, 6.45) is 1.85. The molecule has 0 aromatic heterocycles. The van der Waals surface area contributed by atoms with Gasteiger partial charge in [0.05, 0.1) is 0 Å². The van der Waals surface area contributed by atoms with E-state index in [-0.39, 0.29) is 12.4 Å². The van der Waals surface area contributed by atoms with E-state index in [0.29, 0.717) is 12.5 Å². The Labute approximate surface area is 51.0 Å². The largest absolute Gasteiger partial charge is 0.330 e. The highest BCUT2D eigenvalue weighted by Crippen LogP contribution is 1.87. The summed E-state index contributed by atoms with van der Waals surface area (Å²) in [7, 11) is 0. The highest BCUT2D eigenvalue weighted by molar-refractivity contribution is 5.85. The van der Waals surface area contributed by atoms with Crippen LogP contribution in [0.5, 0.6) is 0 Å². The van der Waals surface area contributed by atoms with E-state index in [9.17, 15) is 0 Å². The van der Waals surface area contributed by atoms with Gasteiger partial charge < -0.3 is 5.73 Å². The quantitative estimate of drug-likeness (QED) is 0.546. The summed E-state index contributed by atoms with van der Waals surface area (Å²) in [6.45, 7) is 6.30. The molecule has 0 aliphatic rings. The Morgan fingerprint density at radius 3 is 2.29 bits per heavy atom. The van der Waals surface area contributed by atoms with Gasteiger partial charge in [0.15, 0.2) is 0 Å². The van der Waals surface area contributed by atoms with E-state index < -0.39 is 0 Å². The van der Waals surface area contributed by atoms with Crippen LogP contribution in [0.3, 0.4) is 0 Å². The Morgan fingerprint density at radius 1 is 1.86 bits per heavy atom. The zero-order valence-corrected chi connectivity index (χ0v) is 5.37. The summed E-state index contributed by atoms with van der Waals surface area (Å²) >= 11 is 0. The molecule has 1 unspecified atom stereocenters. The predicted molar refractivity (Wildman–Crippen MR) is 35.7 cm³/mol. The normalized spacial score (nSPS) is 11.7. The van der Waals surface area contributed by atoms with Gasteiger partial charge in [0.25, 0.3) is 0 Å². The summed E-state index contributed by atoms with van der Waals surface area (Å²) in [5, 5.41) is 0. The summed E-state index contributed by atoms with van der Waals surface area (Å²) < 4.78 is 0. The van der Waals surface area contributed by atoms with E-state index in [1.807, 2.05) is 13.0 Å². The van der Waals surface area contributed by atoms with Gasteiger partial charge in [0, 0.05) is 0 Å². The lowest BCUT2D eigenvalue weighted by molar-refractivity contribution is 0.742. The number of hydrogen-bond donors (Lipinski definition) is 1. The minimum absolute atomic E-state index is 0. The van der Waals surface area contributed by atoms with Crippen LogP contribution in [-0.2, 0) is 0 Å². The molecule has 44 valence electrons. The van der Waals surface area contributed by atoms with Crippen LogP contribution in [-0.4, -0.2) is 6.54 Å². The molecule has 0 spiro atoms. The second kappa shape index (κ2) is 5.99. The molecule has 0 aliphatic heterocycles. The summed E-state index contributed by atoms with van der Waals surface area (Å²) in [5.41, 5.74) is 5.21. The number of hydrogen-bond acceptors (Lipinski definition) is 1. The second-order valence-corrected chi connectivity index (χ2v) is 1.45. The van der Waals surface area contributed by atoms with Crippen LogP contribution in [0.1, 0.15) is 6.92 Å². The molecule has 2 N–H and O–H groups in total. The Kier molecular flexibility index (Phi) is 8.62. The molecule has 0 rings (SSSR count). The third kappa shape index (κ3) is 5.99. The molecule has 0 aromatic rings. The number of nitrogens with two attached hydrogens (primary N) is 1. The van der Waals surface area contributed by atoms with Gasteiger partial charge in [0.1, 0.15) is 0 Å². The lowest BCUT2D eigenvalue weighted by Crippen LogP contribution is -2.06. The van der Waals surface area contributed by atoms with Crippen molar-refractivity contribution in [2.24, 2.45) is 11.7 Å². The van der Waals surface area contributed by atoms with E-state index >= 15 is 0 Å². The van der Waals surface area contributed by atoms with Crippen LogP contribution in [0.25, 0.3) is 0 Å². The van der Waals surface area contributed by atoms with E-state index in [1.54, 1.807) is 0 Å². The van der Waals surface area contributed by atoms with Crippen molar-refractivity contribution in [1.82, 2.24) is 0 Å². The zero-order valence-electron chi connectivity index (χ0n) is 4.55. The maximum atomic E-state index is 5.21. The van der Waals surface area contributed by atoms with Gasteiger partial charge in [-0.15, -0.1) is 19.0 Å². The van der Waals surface area contributed by atoms with Crippen molar-refractivity contribution in [3.05, 3.63) is 12.7 Å². The van der Waals surface area contributed by atoms with Crippen molar-refractivity contribution in [3.63, 3.8) is 0 Å². The number of halogens is 1. The zero-order chi connectivity index (χ0) is 4.99. The molecule has 0 radical (unpaired) electrons. The molecule has 0 aromatic carbocycles. The first-order valence-electron chi connectivity index (χ1n) is 2.14. The summed E-state index contributed by atoms with van der Waals surface area (Å²) in [4.78, 5) is 0. The smallest absolute Gasteiger partial charge is 0.00169 e. The molecule has 1 nitrogen and oxygen atoms in total. The van der Waals surface area contributed by atoms with E-state index in [1.165, 1.54) is 0 Å². The molecule has 0 saturated heterocycles. The van der Waals surface area contributed by atoms with E-state index in [2.05, 4.69) is 6.58 Å². The Morgan fingerprint density at radius 2 is 2.29 bits per heavy atom. The molecular formula is C5H12ClN. The predicted octanol–water partition coefficient (Wildman–Crippen LogP) is 1.19. The van der Waals surface area contributed by atoms with Crippen LogP contribution < -0.4 is 5.73 Å². The molecule has 0 amide bonds. The highest BCUT2D eigenvalue weighted by atomic mass is 35.5.